The number of nitrogens with one attached hydrogen (secondary N) is 1. The molecular weight excluding hydrogens is 274 g/mol. The summed E-state index contributed by atoms with van der Waals surface area (Å²) in [4.78, 5) is 1.67. The van der Waals surface area contributed by atoms with Gasteiger partial charge in [0.05, 0.1) is 0 Å². The summed E-state index contributed by atoms with van der Waals surface area (Å²) < 4.78 is 28.2. The summed E-state index contributed by atoms with van der Waals surface area (Å²) in [5.41, 5.74) is 0.366. The molecule has 0 unspecified atom stereocenters. The van der Waals surface area contributed by atoms with Crippen LogP contribution >= 0.6 is 11.6 Å². The molecule has 1 heterocycles. The second kappa shape index (κ2) is 6.13. The zero-order valence-corrected chi connectivity index (χ0v) is 11.2. The van der Waals surface area contributed by atoms with E-state index in [0.717, 1.165) is 0 Å². The lowest BCUT2D eigenvalue weighted by Gasteiger charge is -2.39. The molecule has 19 heavy (non-hydrogen) atoms. The largest absolute Gasteiger partial charge is 0.390 e. The van der Waals surface area contributed by atoms with Gasteiger partial charge in [-0.05, 0) is 11.6 Å². The van der Waals surface area contributed by atoms with Crippen LogP contribution in [-0.2, 0) is 0 Å². The van der Waals surface area contributed by atoms with Gasteiger partial charge in [-0.1, -0.05) is 29.8 Å². The van der Waals surface area contributed by atoms with Gasteiger partial charge in [0.1, 0.15) is 12.6 Å². The number of hydrogen-bond donors (Lipinski definition) is 2. The van der Waals surface area contributed by atoms with Gasteiger partial charge in [0.2, 0.25) is 0 Å². The number of piperazine rings is 1. The molecule has 1 saturated heterocycles. The molecule has 0 amide bonds. The number of aliphatic hydroxyl groups excluding tert-OH is 1. The van der Waals surface area contributed by atoms with Crippen LogP contribution in [0.3, 0.4) is 0 Å². The minimum absolute atomic E-state index is 0.305. The van der Waals surface area contributed by atoms with Gasteiger partial charge in [-0.3, -0.25) is 4.90 Å². The van der Waals surface area contributed by atoms with E-state index in [1.54, 1.807) is 29.2 Å². The third-order valence-electron chi connectivity index (χ3n) is 3.33. The molecule has 2 rings (SSSR count). The van der Waals surface area contributed by atoms with Crippen LogP contribution in [-0.4, -0.2) is 48.7 Å². The van der Waals surface area contributed by atoms with Crippen LogP contribution in [0.1, 0.15) is 11.6 Å². The first kappa shape index (κ1) is 14.7. The van der Waals surface area contributed by atoms with Gasteiger partial charge >= 0.3 is 0 Å². The molecule has 0 spiro atoms. The highest BCUT2D eigenvalue weighted by molar-refractivity contribution is 6.31. The number of aliphatic hydroxyl groups is 1. The topological polar surface area (TPSA) is 35.5 Å². The molecule has 1 aromatic rings. The summed E-state index contributed by atoms with van der Waals surface area (Å²) in [5, 5.41) is 12.4. The van der Waals surface area contributed by atoms with Crippen LogP contribution in [0.15, 0.2) is 24.3 Å². The molecule has 1 aliphatic rings. The fraction of sp³-hybridized carbons (Fsp3) is 0.538. The predicted molar refractivity (Wildman–Crippen MR) is 70.7 cm³/mol. The molecule has 3 nitrogen and oxygen atoms in total. The van der Waals surface area contributed by atoms with Gasteiger partial charge in [-0.15, -0.1) is 0 Å². The number of benzene rings is 1. The zero-order valence-electron chi connectivity index (χ0n) is 10.5. The standard InChI is InChI=1S/C13H17ClF2N2O/c14-11-4-2-1-3-10(11)12(13(15,16)9-19)18-7-5-17-6-8-18/h1-4,12,17,19H,5-9H2/t12-/m1/s1. The molecule has 1 aliphatic heterocycles. The highest BCUT2D eigenvalue weighted by Gasteiger charge is 2.44. The Hall–Kier alpha value is -0.750. The number of alkyl halides is 2. The van der Waals surface area contributed by atoms with Crippen LogP contribution in [0, 0.1) is 0 Å². The molecule has 106 valence electrons. The molecule has 1 aromatic carbocycles. The van der Waals surface area contributed by atoms with Gasteiger partial charge in [-0.2, -0.15) is 0 Å². The average molecular weight is 291 g/mol. The molecule has 0 aliphatic carbocycles. The van der Waals surface area contributed by atoms with Crippen molar-refractivity contribution in [1.29, 1.82) is 0 Å². The van der Waals surface area contributed by atoms with Crippen LogP contribution in [0.25, 0.3) is 0 Å². The Labute approximate surface area is 116 Å². The SMILES string of the molecule is OCC(F)(F)[C@@H](c1ccccc1Cl)N1CCNCC1. The molecule has 0 aromatic heterocycles. The lowest BCUT2D eigenvalue weighted by atomic mass is 9.98. The van der Waals surface area contributed by atoms with E-state index < -0.39 is 18.6 Å². The van der Waals surface area contributed by atoms with Crippen molar-refractivity contribution >= 4 is 11.6 Å². The van der Waals surface area contributed by atoms with Gasteiger partial charge < -0.3 is 10.4 Å². The Kier molecular flexibility index (Phi) is 4.73. The summed E-state index contributed by atoms with van der Waals surface area (Å²) in [6, 6.07) is 5.40. The maximum absolute atomic E-state index is 14.1. The van der Waals surface area contributed by atoms with Gasteiger partial charge in [-0.25, -0.2) is 8.78 Å². The second-order valence-electron chi connectivity index (χ2n) is 4.63. The van der Waals surface area contributed by atoms with Crippen molar-refractivity contribution in [3.8, 4) is 0 Å². The summed E-state index contributed by atoms with van der Waals surface area (Å²) in [6.45, 7) is 1.13. The third-order valence-corrected chi connectivity index (χ3v) is 3.67. The fourth-order valence-electron chi connectivity index (χ4n) is 2.41. The van der Waals surface area contributed by atoms with Crippen molar-refractivity contribution in [2.45, 2.75) is 12.0 Å². The monoisotopic (exact) mass is 290 g/mol. The Balaban J connectivity index is 2.36. The minimum atomic E-state index is -3.22. The smallest absolute Gasteiger partial charge is 0.289 e. The Morgan fingerprint density at radius 2 is 1.95 bits per heavy atom. The Morgan fingerprint density at radius 3 is 2.53 bits per heavy atom. The van der Waals surface area contributed by atoms with E-state index in [9.17, 15) is 8.78 Å². The molecule has 0 saturated carbocycles. The van der Waals surface area contributed by atoms with Crippen molar-refractivity contribution in [1.82, 2.24) is 10.2 Å². The van der Waals surface area contributed by atoms with Crippen molar-refractivity contribution in [3.63, 3.8) is 0 Å². The first-order valence-corrected chi connectivity index (χ1v) is 6.62. The fourth-order valence-corrected chi connectivity index (χ4v) is 2.65. The molecule has 1 fully saturated rings. The predicted octanol–water partition coefficient (Wildman–Crippen LogP) is 1.91. The Morgan fingerprint density at radius 1 is 1.32 bits per heavy atom. The van der Waals surface area contributed by atoms with Gasteiger partial charge in [0.15, 0.2) is 0 Å². The number of nitrogens with zero attached hydrogens (tertiary/aromatic N) is 1. The van der Waals surface area contributed by atoms with Crippen molar-refractivity contribution in [2.24, 2.45) is 0 Å². The van der Waals surface area contributed by atoms with E-state index >= 15 is 0 Å². The van der Waals surface area contributed by atoms with Crippen molar-refractivity contribution in [2.75, 3.05) is 32.8 Å². The van der Waals surface area contributed by atoms with Crippen LogP contribution in [0.5, 0.6) is 0 Å². The summed E-state index contributed by atoms with van der Waals surface area (Å²) in [5.74, 6) is -3.22. The average Bonchev–Trinajstić information content (AvgIpc) is 2.42. The summed E-state index contributed by atoms with van der Waals surface area (Å²) >= 11 is 6.04. The van der Waals surface area contributed by atoms with E-state index in [1.165, 1.54) is 0 Å². The first-order valence-electron chi connectivity index (χ1n) is 6.24. The van der Waals surface area contributed by atoms with E-state index in [0.29, 0.717) is 36.8 Å². The third kappa shape index (κ3) is 3.23. The van der Waals surface area contributed by atoms with Crippen molar-refractivity contribution in [3.05, 3.63) is 34.9 Å². The minimum Gasteiger partial charge on any atom is -0.390 e. The zero-order chi connectivity index (χ0) is 13.9. The lowest BCUT2D eigenvalue weighted by Crippen LogP contribution is -2.51. The van der Waals surface area contributed by atoms with Crippen LogP contribution in [0.2, 0.25) is 5.02 Å². The molecule has 0 bridgehead atoms. The normalized spacial score (nSPS) is 19.4. The van der Waals surface area contributed by atoms with E-state index in [2.05, 4.69) is 5.32 Å². The molecular formula is C13H17ClF2N2O. The number of rotatable bonds is 4. The molecule has 0 radical (unpaired) electrons. The highest BCUT2D eigenvalue weighted by atomic mass is 35.5. The Bertz CT molecular complexity index is 425. The molecule has 1 atom stereocenters. The second-order valence-corrected chi connectivity index (χ2v) is 5.04. The molecule has 2 N–H and O–H groups in total. The van der Waals surface area contributed by atoms with Crippen LogP contribution in [0.4, 0.5) is 8.78 Å². The maximum Gasteiger partial charge on any atom is 0.289 e. The number of halogens is 3. The van der Waals surface area contributed by atoms with Gasteiger partial charge in [0, 0.05) is 31.2 Å². The van der Waals surface area contributed by atoms with E-state index in [-0.39, 0.29) is 0 Å². The first-order chi connectivity index (χ1) is 9.06. The van der Waals surface area contributed by atoms with Gasteiger partial charge in [0.25, 0.3) is 5.92 Å². The number of hydrogen-bond acceptors (Lipinski definition) is 3. The van der Waals surface area contributed by atoms with E-state index in [1.807, 2.05) is 0 Å². The quantitative estimate of drug-likeness (QED) is 0.889. The van der Waals surface area contributed by atoms with Crippen LogP contribution < -0.4 is 5.32 Å². The van der Waals surface area contributed by atoms with E-state index in [4.69, 9.17) is 16.7 Å². The summed E-state index contributed by atoms with van der Waals surface area (Å²) in [7, 11) is 0. The van der Waals surface area contributed by atoms with Crippen molar-refractivity contribution < 1.29 is 13.9 Å². The maximum atomic E-state index is 14.1. The summed E-state index contributed by atoms with van der Waals surface area (Å²) in [6.07, 6.45) is 0. The lowest BCUT2D eigenvalue weighted by molar-refractivity contribution is -0.118. The molecule has 6 heteroatoms. The highest BCUT2D eigenvalue weighted by Crippen LogP contribution is 2.39.